The molecule has 9 heteroatoms. The molecule has 17 heavy (non-hydrogen) atoms. The van der Waals surface area contributed by atoms with Gasteiger partial charge in [0.15, 0.2) is 5.75 Å². The highest BCUT2D eigenvalue weighted by Gasteiger charge is 2.35. The third-order valence-corrected chi connectivity index (χ3v) is 2.53. The number of rotatable bonds is 3. The van der Waals surface area contributed by atoms with E-state index in [4.69, 9.17) is 10.8 Å². The van der Waals surface area contributed by atoms with E-state index in [1.807, 2.05) is 0 Å². The first-order valence-electron chi connectivity index (χ1n) is 4.12. The van der Waals surface area contributed by atoms with Crippen molar-refractivity contribution in [1.29, 1.82) is 0 Å². The number of alkyl halides is 3. The summed E-state index contributed by atoms with van der Waals surface area (Å²) >= 11 is 1.51. The first kappa shape index (κ1) is 14.0. The quantitative estimate of drug-likeness (QED) is 0.632. The van der Waals surface area contributed by atoms with Crippen LogP contribution >= 0.6 is 22.6 Å². The van der Waals surface area contributed by atoms with E-state index in [0.717, 1.165) is 6.20 Å². The lowest BCUT2D eigenvalue weighted by molar-refractivity contribution is -0.275. The number of ether oxygens (including phenoxy) is 1. The molecule has 94 valence electrons. The third-order valence-electron chi connectivity index (χ3n) is 1.71. The first-order chi connectivity index (χ1) is 7.76. The molecule has 0 unspecified atom stereocenters. The summed E-state index contributed by atoms with van der Waals surface area (Å²) < 4.78 is 40.0. The Morgan fingerprint density at radius 1 is 1.59 bits per heavy atom. The lowest BCUT2D eigenvalue weighted by Crippen LogP contribution is -2.22. The van der Waals surface area contributed by atoms with Gasteiger partial charge >= 0.3 is 12.3 Å². The zero-order valence-electron chi connectivity index (χ0n) is 8.08. The molecule has 1 aromatic rings. The largest absolute Gasteiger partial charge is 0.573 e. The summed E-state index contributed by atoms with van der Waals surface area (Å²) in [6.07, 6.45) is -3.94. The summed E-state index contributed by atoms with van der Waals surface area (Å²) in [5.41, 5.74) is 4.43. The second-order valence-electron chi connectivity index (χ2n) is 2.84. The van der Waals surface area contributed by atoms with Gasteiger partial charge in [0.1, 0.15) is 9.26 Å². The van der Waals surface area contributed by atoms with Crippen molar-refractivity contribution in [3.8, 4) is 5.75 Å². The van der Waals surface area contributed by atoms with E-state index >= 15 is 0 Å². The summed E-state index contributed by atoms with van der Waals surface area (Å²) in [6, 6.07) is 0. The number of hydrogen-bond acceptors (Lipinski definition) is 4. The molecule has 1 heterocycles. The Labute approximate surface area is 107 Å². The maximum atomic E-state index is 12.2. The molecule has 0 saturated carbocycles. The second kappa shape index (κ2) is 5.04. The average molecular weight is 362 g/mol. The lowest BCUT2D eigenvalue weighted by Gasteiger charge is -2.15. The number of aromatic nitrogens is 1. The number of carbonyl (C=O) groups is 1. The minimum Gasteiger partial charge on any atom is -0.477 e. The SMILES string of the molecule is NCc1cnc(I)c(C(=O)O)c1OC(F)(F)F. The molecule has 0 atom stereocenters. The molecule has 1 aromatic heterocycles. The Bertz CT molecular complexity index is 450. The molecule has 0 saturated heterocycles. The van der Waals surface area contributed by atoms with Crippen molar-refractivity contribution in [3.63, 3.8) is 0 Å². The van der Waals surface area contributed by atoms with Gasteiger partial charge in [0.25, 0.3) is 0 Å². The van der Waals surface area contributed by atoms with Crippen LogP contribution in [0.5, 0.6) is 5.75 Å². The predicted octanol–water partition coefficient (Wildman–Crippen LogP) is 1.74. The lowest BCUT2D eigenvalue weighted by atomic mass is 10.1. The van der Waals surface area contributed by atoms with Crippen LogP contribution in [0.25, 0.3) is 0 Å². The molecular weight excluding hydrogens is 356 g/mol. The smallest absolute Gasteiger partial charge is 0.477 e. The summed E-state index contributed by atoms with van der Waals surface area (Å²) in [6.45, 7) is -0.310. The van der Waals surface area contributed by atoms with E-state index in [1.54, 1.807) is 0 Å². The maximum Gasteiger partial charge on any atom is 0.573 e. The summed E-state index contributed by atoms with van der Waals surface area (Å²) in [7, 11) is 0. The standard InChI is InChI=1S/C8H6F3IN2O3/c9-8(10,11)17-5-3(1-13)2-14-6(12)4(5)7(15)16/h2H,1,13H2,(H,15,16). The van der Waals surface area contributed by atoms with Gasteiger partial charge in [-0.1, -0.05) is 0 Å². The fraction of sp³-hybridized carbons (Fsp3) is 0.250. The molecule has 0 bridgehead atoms. The van der Waals surface area contributed by atoms with Crippen LogP contribution in [0, 0.1) is 3.70 Å². The molecular formula is C8H6F3IN2O3. The molecule has 0 aliphatic carbocycles. The third kappa shape index (κ3) is 3.43. The Balaban J connectivity index is 3.40. The minimum absolute atomic E-state index is 0.105. The summed E-state index contributed by atoms with van der Waals surface area (Å²) in [5, 5.41) is 8.83. The average Bonchev–Trinajstić information content (AvgIpc) is 2.15. The van der Waals surface area contributed by atoms with Crippen LogP contribution in [0.4, 0.5) is 13.2 Å². The first-order valence-corrected chi connectivity index (χ1v) is 5.20. The van der Waals surface area contributed by atoms with E-state index in [0.29, 0.717) is 0 Å². The number of halogens is 4. The van der Waals surface area contributed by atoms with Crippen LogP contribution < -0.4 is 10.5 Å². The van der Waals surface area contributed by atoms with Crippen molar-refractivity contribution >= 4 is 28.6 Å². The highest BCUT2D eigenvalue weighted by molar-refractivity contribution is 14.1. The summed E-state index contributed by atoms with van der Waals surface area (Å²) in [4.78, 5) is 14.5. The zero-order valence-corrected chi connectivity index (χ0v) is 10.2. The van der Waals surface area contributed by atoms with E-state index in [-0.39, 0.29) is 15.8 Å². The van der Waals surface area contributed by atoms with Crippen LogP contribution in [-0.2, 0) is 6.54 Å². The number of carboxylic acids is 1. The van der Waals surface area contributed by atoms with Gasteiger partial charge in [-0.3, -0.25) is 0 Å². The highest BCUT2D eigenvalue weighted by Crippen LogP contribution is 2.31. The zero-order chi connectivity index (χ0) is 13.2. The van der Waals surface area contributed by atoms with Crippen molar-refractivity contribution in [2.24, 2.45) is 5.73 Å². The Morgan fingerprint density at radius 3 is 2.59 bits per heavy atom. The molecule has 0 spiro atoms. The van der Waals surface area contributed by atoms with E-state index in [2.05, 4.69) is 9.72 Å². The fourth-order valence-electron chi connectivity index (χ4n) is 1.08. The van der Waals surface area contributed by atoms with Gasteiger partial charge in [-0.15, -0.1) is 13.2 Å². The molecule has 1 rings (SSSR count). The number of hydrogen-bond donors (Lipinski definition) is 2. The monoisotopic (exact) mass is 362 g/mol. The number of aromatic carboxylic acids is 1. The molecule has 0 amide bonds. The molecule has 0 fully saturated rings. The van der Waals surface area contributed by atoms with Crippen molar-refractivity contribution in [1.82, 2.24) is 4.98 Å². The number of nitrogens with two attached hydrogens (primary N) is 1. The fourth-order valence-corrected chi connectivity index (χ4v) is 1.69. The number of carboxylic acid groups (broad SMARTS) is 1. The van der Waals surface area contributed by atoms with Gasteiger partial charge in [0, 0.05) is 18.3 Å². The molecule has 0 aliphatic rings. The van der Waals surface area contributed by atoms with Gasteiger partial charge < -0.3 is 15.6 Å². The van der Waals surface area contributed by atoms with Crippen LogP contribution in [0.15, 0.2) is 6.20 Å². The Kier molecular flexibility index (Phi) is 4.14. The Hall–Kier alpha value is -1.10. The van der Waals surface area contributed by atoms with Crippen LogP contribution in [0.1, 0.15) is 15.9 Å². The molecule has 3 N–H and O–H groups in total. The van der Waals surface area contributed by atoms with Crippen molar-refractivity contribution in [2.45, 2.75) is 12.9 Å². The van der Waals surface area contributed by atoms with E-state index < -0.39 is 23.6 Å². The van der Waals surface area contributed by atoms with Gasteiger partial charge in [-0.2, -0.15) is 0 Å². The highest BCUT2D eigenvalue weighted by atomic mass is 127. The second-order valence-corrected chi connectivity index (χ2v) is 3.86. The predicted molar refractivity (Wildman–Crippen MR) is 58.5 cm³/mol. The number of nitrogens with zero attached hydrogens (tertiary/aromatic N) is 1. The van der Waals surface area contributed by atoms with E-state index in [1.165, 1.54) is 22.6 Å². The normalized spacial score (nSPS) is 11.4. The molecule has 0 aromatic carbocycles. The van der Waals surface area contributed by atoms with Crippen molar-refractivity contribution in [2.75, 3.05) is 0 Å². The summed E-state index contributed by atoms with van der Waals surface area (Å²) in [5.74, 6) is -2.37. The van der Waals surface area contributed by atoms with Crippen molar-refractivity contribution < 1.29 is 27.8 Å². The van der Waals surface area contributed by atoms with Crippen LogP contribution in [0.3, 0.4) is 0 Å². The van der Waals surface area contributed by atoms with Gasteiger partial charge in [-0.05, 0) is 22.6 Å². The van der Waals surface area contributed by atoms with Gasteiger partial charge in [0.05, 0.1) is 0 Å². The molecule has 0 radical (unpaired) electrons. The minimum atomic E-state index is -4.99. The van der Waals surface area contributed by atoms with Crippen LogP contribution in [0.2, 0.25) is 0 Å². The van der Waals surface area contributed by atoms with Crippen LogP contribution in [-0.4, -0.2) is 22.4 Å². The van der Waals surface area contributed by atoms with Gasteiger partial charge in [0.2, 0.25) is 0 Å². The molecule has 0 aliphatic heterocycles. The molecule has 5 nitrogen and oxygen atoms in total. The topological polar surface area (TPSA) is 85.4 Å². The van der Waals surface area contributed by atoms with E-state index in [9.17, 15) is 18.0 Å². The van der Waals surface area contributed by atoms with Crippen molar-refractivity contribution in [3.05, 3.63) is 21.0 Å². The van der Waals surface area contributed by atoms with Gasteiger partial charge in [-0.25, -0.2) is 9.78 Å². The Morgan fingerprint density at radius 2 is 2.18 bits per heavy atom. The number of pyridine rings is 1. The maximum absolute atomic E-state index is 12.2.